The third-order valence-electron chi connectivity index (χ3n) is 5.54. The van der Waals surface area contributed by atoms with E-state index in [1.165, 1.54) is 10.6 Å². The summed E-state index contributed by atoms with van der Waals surface area (Å²) in [6.45, 7) is 7.94. The second-order valence-electron chi connectivity index (χ2n) is 8.33. The molecule has 10 heteroatoms. The quantitative estimate of drug-likeness (QED) is 0.754. The molecule has 1 aliphatic rings. The van der Waals surface area contributed by atoms with Gasteiger partial charge in [0.15, 0.2) is 0 Å². The van der Waals surface area contributed by atoms with E-state index in [1.54, 1.807) is 19.9 Å². The largest absolute Gasteiger partial charge is 0.338 e. The number of carbonyl (C=O) groups excluding carboxylic acids is 1. The van der Waals surface area contributed by atoms with Gasteiger partial charge in [0.25, 0.3) is 0 Å². The SMILES string of the molecule is CN(C1CCN(S(C)(=O)=O)CC1)C(C)(C)C(=O)Nc1cc(C(C)(C)C#N)no1. The summed E-state index contributed by atoms with van der Waals surface area (Å²) in [6.07, 6.45) is 2.53. The fourth-order valence-electron chi connectivity index (χ4n) is 3.13. The van der Waals surface area contributed by atoms with E-state index in [2.05, 4.69) is 16.5 Å². The van der Waals surface area contributed by atoms with Crippen LogP contribution in [0, 0.1) is 11.3 Å². The number of nitriles is 1. The van der Waals surface area contributed by atoms with Crippen LogP contribution in [0.15, 0.2) is 10.6 Å². The number of piperidine rings is 1. The lowest BCUT2D eigenvalue weighted by atomic mass is 9.91. The number of anilines is 1. The van der Waals surface area contributed by atoms with Gasteiger partial charge in [-0.2, -0.15) is 5.26 Å². The third kappa shape index (κ3) is 4.71. The lowest BCUT2D eigenvalue weighted by Crippen LogP contribution is -2.57. The Kier molecular flexibility index (Phi) is 6.23. The van der Waals surface area contributed by atoms with Crippen LogP contribution in [-0.4, -0.2) is 66.7 Å². The lowest BCUT2D eigenvalue weighted by molar-refractivity contribution is -0.127. The number of nitrogens with zero attached hydrogens (tertiary/aromatic N) is 4. The summed E-state index contributed by atoms with van der Waals surface area (Å²) < 4.78 is 30.0. The molecule has 2 rings (SSSR count). The first-order valence-electron chi connectivity index (χ1n) is 9.17. The van der Waals surface area contributed by atoms with Crippen LogP contribution in [0.25, 0.3) is 0 Å². The summed E-state index contributed by atoms with van der Waals surface area (Å²) in [6, 6.07) is 3.78. The molecule has 156 valence electrons. The molecule has 1 aromatic heterocycles. The zero-order valence-corrected chi connectivity index (χ0v) is 18.1. The van der Waals surface area contributed by atoms with E-state index in [1.807, 2.05) is 25.8 Å². The van der Waals surface area contributed by atoms with Crippen molar-refractivity contribution < 1.29 is 17.7 Å². The van der Waals surface area contributed by atoms with Gasteiger partial charge in [-0.3, -0.25) is 15.0 Å². The highest BCUT2D eigenvalue weighted by atomic mass is 32.2. The molecule has 28 heavy (non-hydrogen) atoms. The van der Waals surface area contributed by atoms with Gasteiger partial charge in [0.1, 0.15) is 5.69 Å². The molecule has 1 amide bonds. The van der Waals surface area contributed by atoms with Gasteiger partial charge in [-0.1, -0.05) is 5.16 Å². The van der Waals surface area contributed by atoms with Crippen LogP contribution in [0.5, 0.6) is 0 Å². The van der Waals surface area contributed by atoms with E-state index in [9.17, 15) is 18.5 Å². The van der Waals surface area contributed by atoms with Gasteiger partial charge in [-0.25, -0.2) is 12.7 Å². The average molecular weight is 412 g/mol. The molecule has 0 spiro atoms. The minimum atomic E-state index is -3.19. The number of hydrogen-bond donors (Lipinski definition) is 1. The first-order valence-corrected chi connectivity index (χ1v) is 11.0. The van der Waals surface area contributed by atoms with Gasteiger partial charge in [0.05, 0.1) is 23.3 Å². The van der Waals surface area contributed by atoms with Crippen molar-refractivity contribution in [3.05, 3.63) is 11.8 Å². The van der Waals surface area contributed by atoms with Crippen LogP contribution in [0.3, 0.4) is 0 Å². The summed E-state index contributed by atoms with van der Waals surface area (Å²) in [4.78, 5) is 14.8. The predicted octanol–water partition coefficient (Wildman–Crippen LogP) is 1.55. The maximum Gasteiger partial charge on any atom is 0.246 e. The number of sulfonamides is 1. The maximum absolute atomic E-state index is 12.9. The average Bonchev–Trinajstić information content (AvgIpc) is 3.09. The smallest absolute Gasteiger partial charge is 0.246 e. The van der Waals surface area contributed by atoms with Crippen molar-refractivity contribution in [2.45, 2.75) is 57.5 Å². The monoisotopic (exact) mass is 411 g/mol. The highest BCUT2D eigenvalue weighted by molar-refractivity contribution is 7.88. The van der Waals surface area contributed by atoms with E-state index >= 15 is 0 Å². The van der Waals surface area contributed by atoms with Gasteiger partial charge in [-0.05, 0) is 47.6 Å². The van der Waals surface area contributed by atoms with E-state index in [4.69, 9.17) is 4.52 Å². The molecule has 1 saturated heterocycles. The predicted molar refractivity (Wildman–Crippen MR) is 105 cm³/mol. The molecule has 1 aromatic rings. The van der Waals surface area contributed by atoms with E-state index in [-0.39, 0.29) is 17.8 Å². The summed E-state index contributed by atoms with van der Waals surface area (Å²) in [7, 11) is -1.32. The number of rotatable bonds is 6. The number of likely N-dealkylation sites (N-methyl/N-ethyl adjacent to an activating group) is 1. The molecule has 0 aliphatic carbocycles. The standard InChI is InChI=1S/C18H29N5O4S/c1-17(2,12-19)14-11-15(27-21-14)20-16(24)18(3,4)22(5)13-7-9-23(10-8-13)28(6,25)26/h11,13H,7-10H2,1-6H3,(H,20,24). The Morgan fingerprint density at radius 2 is 1.93 bits per heavy atom. The maximum atomic E-state index is 12.9. The number of nitrogens with one attached hydrogen (secondary N) is 1. The lowest BCUT2D eigenvalue weighted by Gasteiger charge is -2.43. The van der Waals surface area contributed by atoms with Gasteiger partial charge >= 0.3 is 0 Å². The number of carbonyl (C=O) groups is 1. The summed E-state index contributed by atoms with van der Waals surface area (Å²) in [5.41, 5.74) is -1.22. The zero-order valence-electron chi connectivity index (χ0n) is 17.3. The molecular weight excluding hydrogens is 382 g/mol. The fraction of sp³-hybridized carbons (Fsp3) is 0.722. The Bertz CT molecular complexity index is 861. The van der Waals surface area contributed by atoms with Crippen molar-refractivity contribution in [3.8, 4) is 6.07 Å². The first kappa shape index (κ1) is 22.3. The third-order valence-corrected chi connectivity index (χ3v) is 6.85. The topological polar surface area (TPSA) is 120 Å². The summed E-state index contributed by atoms with van der Waals surface area (Å²) >= 11 is 0. The van der Waals surface area contributed by atoms with Crippen LogP contribution >= 0.6 is 0 Å². The summed E-state index contributed by atoms with van der Waals surface area (Å²) in [5, 5.41) is 15.8. The zero-order chi connectivity index (χ0) is 21.3. The molecular formula is C18H29N5O4S. The van der Waals surface area contributed by atoms with E-state index in [0.717, 1.165) is 0 Å². The molecule has 0 saturated carbocycles. The van der Waals surface area contributed by atoms with Crippen LogP contribution in [0.4, 0.5) is 5.88 Å². The molecule has 2 heterocycles. The van der Waals surface area contributed by atoms with Crippen LogP contribution in [0.1, 0.15) is 46.2 Å². The Labute approximate surface area is 166 Å². The normalized spacial score (nSPS) is 17.5. The first-order chi connectivity index (χ1) is 12.8. The molecule has 0 aromatic carbocycles. The van der Waals surface area contributed by atoms with Gasteiger partial charge in [-0.15, -0.1) is 0 Å². The molecule has 0 bridgehead atoms. The van der Waals surface area contributed by atoms with Crippen molar-refractivity contribution >= 4 is 21.8 Å². The number of amides is 1. The highest BCUT2D eigenvalue weighted by Crippen LogP contribution is 2.27. The Morgan fingerprint density at radius 1 is 1.36 bits per heavy atom. The van der Waals surface area contributed by atoms with Crippen molar-refractivity contribution in [1.29, 1.82) is 5.26 Å². The molecule has 1 fully saturated rings. The van der Waals surface area contributed by atoms with Crippen molar-refractivity contribution in [2.24, 2.45) is 0 Å². The van der Waals surface area contributed by atoms with Gasteiger partial charge < -0.3 is 4.52 Å². The minimum absolute atomic E-state index is 0.0848. The van der Waals surface area contributed by atoms with Crippen LogP contribution in [0.2, 0.25) is 0 Å². The van der Waals surface area contributed by atoms with E-state index in [0.29, 0.717) is 31.6 Å². The number of hydrogen-bond acceptors (Lipinski definition) is 7. The van der Waals surface area contributed by atoms with E-state index < -0.39 is 21.0 Å². The van der Waals surface area contributed by atoms with Crippen LogP contribution < -0.4 is 5.32 Å². The molecule has 0 unspecified atom stereocenters. The van der Waals surface area contributed by atoms with Crippen molar-refractivity contribution in [2.75, 3.05) is 31.7 Å². The van der Waals surface area contributed by atoms with Crippen molar-refractivity contribution in [1.82, 2.24) is 14.4 Å². The Hall–Kier alpha value is -1.96. The second-order valence-corrected chi connectivity index (χ2v) is 10.3. The molecule has 1 N–H and O–H groups in total. The highest BCUT2D eigenvalue weighted by Gasteiger charge is 2.39. The summed E-state index contributed by atoms with van der Waals surface area (Å²) in [5.74, 6) is -0.0743. The fourth-order valence-corrected chi connectivity index (χ4v) is 4.00. The Morgan fingerprint density at radius 3 is 2.43 bits per heavy atom. The van der Waals surface area contributed by atoms with Gasteiger partial charge in [0, 0.05) is 25.2 Å². The Balaban J connectivity index is 2.04. The van der Waals surface area contributed by atoms with Gasteiger partial charge in [0.2, 0.25) is 21.8 Å². The molecule has 9 nitrogen and oxygen atoms in total. The molecule has 1 aliphatic heterocycles. The molecule has 0 atom stereocenters. The van der Waals surface area contributed by atoms with Crippen molar-refractivity contribution in [3.63, 3.8) is 0 Å². The molecule has 0 radical (unpaired) electrons. The minimum Gasteiger partial charge on any atom is -0.338 e. The van der Waals surface area contributed by atoms with Crippen LogP contribution in [-0.2, 0) is 20.2 Å². The number of aromatic nitrogens is 1. The second kappa shape index (κ2) is 7.81.